The van der Waals surface area contributed by atoms with Crippen LogP contribution in [0.4, 0.5) is 0 Å². The molecule has 0 fully saturated rings. The average Bonchev–Trinajstić information content (AvgIpc) is 1.89. The van der Waals surface area contributed by atoms with E-state index in [4.69, 9.17) is 7.74 Å². The minimum atomic E-state index is 0.880. The molecule has 3 radical (unpaired) electrons. The van der Waals surface area contributed by atoms with Crippen molar-refractivity contribution in [2.45, 2.75) is 39.4 Å². The van der Waals surface area contributed by atoms with Crippen molar-refractivity contribution in [1.29, 1.82) is 0 Å². The summed E-state index contributed by atoms with van der Waals surface area (Å²) in [5, 5.41) is 0. The maximum atomic E-state index is 5.23. The third kappa shape index (κ3) is 6.01. The van der Waals surface area contributed by atoms with Gasteiger partial charge < -0.3 is 0 Å². The van der Waals surface area contributed by atoms with Crippen LogP contribution in [-0.4, -0.2) is 14.9 Å². The Hall–Kier alpha value is 0.130. The van der Waals surface area contributed by atoms with Crippen molar-refractivity contribution in [3.63, 3.8) is 0 Å². The Kier molecular flexibility index (Phi) is 6.34. The van der Waals surface area contributed by atoms with Crippen molar-refractivity contribution in [3.05, 3.63) is 0 Å². The second-order valence-electron chi connectivity index (χ2n) is 2.68. The zero-order valence-corrected chi connectivity index (χ0v) is 6.56. The zero-order chi connectivity index (χ0) is 7.11. The predicted octanol–water partition coefficient (Wildman–Crippen LogP) is 2.02. The number of rotatable bonds is 5. The first-order valence-corrected chi connectivity index (χ1v) is 3.84. The van der Waals surface area contributed by atoms with Gasteiger partial charge in [-0.2, -0.15) is 0 Å². The van der Waals surface area contributed by atoms with Crippen LogP contribution in [-0.2, 0) is 0 Å². The van der Waals surface area contributed by atoms with Gasteiger partial charge in [-0.1, -0.05) is 39.4 Å². The summed E-state index contributed by atoms with van der Waals surface area (Å²) in [5.41, 5.74) is 0. The number of hydrogen-bond donors (Lipinski definition) is 0. The van der Waals surface area contributed by atoms with E-state index in [1.54, 1.807) is 7.17 Å². The molecular formula is C7H15B2. The standard InChI is InChI=1S/C7H15B2/c1-3-7(2)5-4-6-9-8/h7H,3-6H2,1-2H3/t7-/m0/s1. The molecule has 0 N–H and O–H groups in total. The zero-order valence-electron chi connectivity index (χ0n) is 6.56. The smallest absolute Gasteiger partial charge is 0.0544 e. The van der Waals surface area contributed by atoms with Crippen LogP contribution in [0.2, 0.25) is 6.32 Å². The minimum absolute atomic E-state index is 0.880. The summed E-state index contributed by atoms with van der Waals surface area (Å²) in [6, 6.07) is 0. The second kappa shape index (κ2) is 6.25. The highest BCUT2D eigenvalue weighted by molar-refractivity contribution is 6.89. The molecule has 0 bridgehead atoms. The molecule has 0 rings (SSSR count). The SMILES string of the molecule is [B][B]CCC[C@@H](C)CC. The van der Waals surface area contributed by atoms with Gasteiger partial charge in [-0.25, -0.2) is 0 Å². The molecule has 0 aromatic heterocycles. The van der Waals surface area contributed by atoms with Crippen molar-refractivity contribution < 1.29 is 0 Å². The molecule has 1 atom stereocenters. The van der Waals surface area contributed by atoms with Gasteiger partial charge in [-0.15, -0.1) is 0 Å². The first-order chi connectivity index (χ1) is 4.31. The highest BCUT2D eigenvalue weighted by atomic mass is 14.0. The van der Waals surface area contributed by atoms with Crippen molar-refractivity contribution >= 4 is 14.9 Å². The Bertz CT molecular complexity index is 54.9. The fraction of sp³-hybridized carbons (Fsp3) is 1.00. The van der Waals surface area contributed by atoms with E-state index in [0.29, 0.717) is 0 Å². The Morgan fingerprint density at radius 2 is 2.22 bits per heavy atom. The molecule has 0 heterocycles. The summed E-state index contributed by atoms with van der Waals surface area (Å²) in [5.74, 6) is 0.880. The minimum Gasteiger partial charge on any atom is -0.0895 e. The summed E-state index contributed by atoms with van der Waals surface area (Å²) >= 11 is 0. The summed E-state index contributed by atoms with van der Waals surface area (Å²) in [7, 11) is 6.98. The fourth-order valence-corrected chi connectivity index (χ4v) is 0.788. The highest BCUT2D eigenvalue weighted by Gasteiger charge is 1.95. The summed E-state index contributed by atoms with van der Waals surface area (Å²) in [6.07, 6.45) is 4.95. The van der Waals surface area contributed by atoms with E-state index < -0.39 is 0 Å². The molecule has 2 heteroatoms. The van der Waals surface area contributed by atoms with Crippen LogP contribution >= 0.6 is 0 Å². The quantitative estimate of drug-likeness (QED) is 0.385. The Balaban J connectivity index is 2.88. The molecule has 0 unspecified atom stereocenters. The molecule has 0 spiro atoms. The second-order valence-corrected chi connectivity index (χ2v) is 2.68. The van der Waals surface area contributed by atoms with E-state index in [9.17, 15) is 0 Å². The normalized spacial score (nSPS) is 13.1. The van der Waals surface area contributed by atoms with Crippen LogP contribution in [0, 0.1) is 5.92 Å². The topological polar surface area (TPSA) is 0 Å². The molecule has 0 aliphatic heterocycles. The largest absolute Gasteiger partial charge is 0.0895 e. The van der Waals surface area contributed by atoms with Crippen LogP contribution in [0.25, 0.3) is 0 Å². The van der Waals surface area contributed by atoms with E-state index in [1.807, 2.05) is 0 Å². The average molecular weight is 121 g/mol. The van der Waals surface area contributed by atoms with Crippen LogP contribution in [0.15, 0.2) is 0 Å². The summed E-state index contributed by atoms with van der Waals surface area (Å²) < 4.78 is 0. The molecule has 0 saturated carbocycles. The highest BCUT2D eigenvalue weighted by Crippen LogP contribution is 2.10. The molecule has 0 aliphatic rings. The van der Waals surface area contributed by atoms with E-state index in [2.05, 4.69) is 13.8 Å². The molecular weight excluding hydrogens is 106 g/mol. The van der Waals surface area contributed by atoms with Crippen molar-refractivity contribution in [2.75, 3.05) is 0 Å². The molecule has 0 saturated heterocycles. The van der Waals surface area contributed by atoms with Gasteiger partial charge in [0.15, 0.2) is 0 Å². The predicted molar refractivity (Wildman–Crippen MR) is 45.0 cm³/mol. The van der Waals surface area contributed by atoms with E-state index >= 15 is 0 Å². The first kappa shape index (κ1) is 9.13. The molecule has 0 nitrogen and oxygen atoms in total. The van der Waals surface area contributed by atoms with Crippen molar-refractivity contribution in [2.24, 2.45) is 5.92 Å². The van der Waals surface area contributed by atoms with E-state index in [1.165, 1.54) is 19.3 Å². The van der Waals surface area contributed by atoms with Gasteiger partial charge in [0.2, 0.25) is 0 Å². The molecule has 0 aromatic rings. The summed E-state index contributed by atoms with van der Waals surface area (Å²) in [6.45, 7) is 4.52. The van der Waals surface area contributed by atoms with E-state index in [0.717, 1.165) is 12.2 Å². The van der Waals surface area contributed by atoms with Crippen molar-refractivity contribution in [1.82, 2.24) is 0 Å². The van der Waals surface area contributed by atoms with E-state index in [-0.39, 0.29) is 0 Å². The number of hydrogen-bond acceptors (Lipinski definition) is 0. The van der Waals surface area contributed by atoms with Crippen LogP contribution < -0.4 is 0 Å². The van der Waals surface area contributed by atoms with Crippen LogP contribution in [0.3, 0.4) is 0 Å². The lowest BCUT2D eigenvalue weighted by Gasteiger charge is -2.05. The third-order valence-corrected chi connectivity index (χ3v) is 1.76. The summed E-state index contributed by atoms with van der Waals surface area (Å²) in [4.78, 5) is 0. The molecule has 0 amide bonds. The molecule has 0 aliphatic carbocycles. The van der Waals surface area contributed by atoms with Gasteiger partial charge in [-0.05, 0) is 5.92 Å². The Morgan fingerprint density at radius 1 is 1.56 bits per heavy atom. The van der Waals surface area contributed by atoms with Crippen LogP contribution in [0.5, 0.6) is 0 Å². The van der Waals surface area contributed by atoms with Gasteiger partial charge in [0.05, 0.1) is 7.17 Å². The Labute approximate surface area is 61.1 Å². The maximum Gasteiger partial charge on any atom is 0.0544 e. The molecule has 49 valence electrons. The van der Waals surface area contributed by atoms with Crippen LogP contribution in [0.1, 0.15) is 33.1 Å². The van der Waals surface area contributed by atoms with Crippen molar-refractivity contribution in [3.8, 4) is 0 Å². The fourth-order valence-electron chi connectivity index (χ4n) is 0.788. The third-order valence-electron chi connectivity index (χ3n) is 1.76. The maximum absolute atomic E-state index is 5.23. The van der Waals surface area contributed by atoms with Gasteiger partial charge in [0, 0.05) is 7.74 Å². The van der Waals surface area contributed by atoms with Gasteiger partial charge >= 0.3 is 0 Å². The van der Waals surface area contributed by atoms with Gasteiger partial charge in [0.1, 0.15) is 0 Å². The molecule has 9 heavy (non-hydrogen) atoms. The first-order valence-electron chi connectivity index (χ1n) is 3.84. The monoisotopic (exact) mass is 121 g/mol. The lowest BCUT2D eigenvalue weighted by molar-refractivity contribution is 0.509. The molecule has 0 aromatic carbocycles. The van der Waals surface area contributed by atoms with Gasteiger partial charge in [0.25, 0.3) is 0 Å². The van der Waals surface area contributed by atoms with Gasteiger partial charge in [-0.3, -0.25) is 0 Å². The Morgan fingerprint density at radius 3 is 2.67 bits per heavy atom. The lowest BCUT2D eigenvalue weighted by atomic mass is 9.53. The lowest BCUT2D eigenvalue weighted by Crippen LogP contribution is -1.94.